The second kappa shape index (κ2) is 10.7. The molecule has 2 N–H and O–H groups in total. The maximum Gasteiger partial charge on any atom is 0.407 e. The molecule has 4 fully saturated rings. The second-order valence-electron chi connectivity index (χ2n) is 12.7. The molecule has 0 radical (unpaired) electrons. The van der Waals surface area contributed by atoms with E-state index in [1.807, 2.05) is 48.4 Å². The number of aromatic amines is 1. The molecule has 0 spiro atoms. The number of fused-ring (bicyclic) bond motifs is 1. The third kappa shape index (κ3) is 5.70. The Balaban J connectivity index is 1.20. The zero-order valence-electron chi connectivity index (χ0n) is 23.2. The van der Waals surface area contributed by atoms with E-state index in [2.05, 4.69) is 34.6 Å². The van der Waals surface area contributed by atoms with Crippen LogP contribution < -0.4 is 5.32 Å². The summed E-state index contributed by atoms with van der Waals surface area (Å²) in [5.74, 6) is 2.68. The van der Waals surface area contributed by atoms with Gasteiger partial charge in [0.25, 0.3) is 0 Å². The summed E-state index contributed by atoms with van der Waals surface area (Å²) in [6.07, 6.45) is 9.24. The van der Waals surface area contributed by atoms with E-state index in [0.29, 0.717) is 31.3 Å². The van der Waals surface area contributed by atoms with Crippen LogP contribution in [0.2, 0.25) is 0 Å². The van der Waals surface area contributed by atoms with Gasteiger partial charge in [0, 0.05) is 37.1 Å². The third-order valence-corrected chi connectivity index (χ3v) is 9.54. The van der Waals surface area contributed by atoms with Crippen LogP contribution in [0.5, 0.6) is 0 Å². The Morgan fingerprint density at radius 2 is 1.64 bits per heavy atom. The van der Waals surface area contributed by atoms with Crippen LogP contribution in [-0.4, -0.2) is 46.6 Å². The summed E-state index contributed by atoms with van der Waals surface area (Å²) < 4.78 is 6.24. The predicted octanol–water partition coefficient (Wildman–Crippen LogP) is 6.11. The number of ether oxygens (including phenoxy) is 1. The molecule has 4 aliphatic carbocycles. The smallest absolute Gasteiger partial charge is 0.407 e. The second-order valence-corrected chi connectivity index (χ2v) is 12.7. The van der Waals surface area contributed by atoms with Crippen LogP contribution in [0.1, 0.15) is 57.1 Å². The number of para-hydroxylation sites is 1. The van der Waals surface area contributed by atoms with Crippen molar-refractivity contribution in [2.75, 3.05) is 13.1 Å². The summed E-state index contributed by atoms with van der Waals surface area (Å²) in [6, 6.07) is 18.4. The van der Waals surface area contributed by atoms with Crippen molar-refractivity contribution in [2.45, 2.75) is 70.4 Å². The van der Waals surface area contributed by atoms with E-state index in [1.165, 1.54) is 37.7 Å². The van der Waals surface area contributed by atoms with Crippen molar-refractivity contribution in [3.05, 3.63) is 71.9 Å². The first kappa shape index (κ1) is 26.0. The number of benzene rings is 2. The predicted molar refractivity (Wildman–Crippen MR) is 153 cm³/mol. The molecule has 1 atom stereocenters. The normalized spacial score (nSPS) is 26.8. The van der Waals surface area contributed by atoms with Crippen LogP contribution in [0.15, 0.2) is 60.8 Å². The van der Waals surface area contributed by atoms with Gasteiger partial charge in [0.1, 0.15) is 6.10 Å². The highest BCUT2D eigenvalue weighted by Gasteiger charge is 2.50. The molecular formula is C33H41N3O3. The van der Waals surface area contributed by atoms with Crippen LogP contribution in [0.25, 0.3) is 10.9 Å². The van der Waals surface area contributed by atoms with Crippen molar-refractivity contribution >= 4 is 22.9 Å². The number of aromatic nitrogens is 1. The number of nitrogens with one attached hydrogen (secondary N) is 2. The van der Waals surface area contributed by atoms with Crippen LogP contribution in [-0.2, 0) is 22.4 Å². The Morgan fingerprint density at radius 3 is 2.33 bits per heavy atom. The fraction of sp³-hybridized carbons (Fsp3) is 0.515. The maximum atomic E-state index is 13.5. The molecule has 4 saturated carbocycles. The van der Waals surface area contributed by atoms with Crippen molar-refractivity contribution in [1.29, 1.82) is 0 Å². The molecule has 3 aromatic rings. The molecule has 2 aromatic carbocycles. The summed E-state index contributed by atoms with van der Waals surface area (Å²) in [4.78, 5) is 31.6. The summed E-state index contributed by atoms with van der Waals surface area (Å²) >= 11 is 0. The lowest BCUT2D eigenvalue weighted by atomic mass is 9.55. The van der Waals surface area contributed by atoms with E-state index in [9.17, 15) is 9.59 Å². The Hall–Kier alpha value is -3.28. The topological polar surface area (TPSA) is 74.4 Å². The number of hydrogen-bond acceptors (Lipinski definition) is 3. The van der Waals surface area contributed by atoms with Crippen molar-refractivity contribution in [2.24, 2.45) is 23.7 Å². The molecule has 1 aromatic heterocycles. The fourth-order valence-corrected chi connectivity index (χ4v) is 7.98. The van der Waals surface area contributed by atoms with Crippen molar-refractivity contribution in [1.82, 2.24) is 15.2 Å². The lowest BCUT2D eigenvalue weighted by Gasteiger charge is -2.53. The standard InChI is InChI=1S/C33H41N3O3/c1-22(37)36(13-12-23-8-4-3-5-9-23)21-33(2,19-28-20-34-30-11-7-6-10-29(28)30)35-32(38)39-31-26-15-24-14-25(17-26)18-27(31)16-24/h3-11,20,24-27,31,34H,12-19,21H2,1-2H3,(H,35,38)/t24?,25?,26?,27?,31?,33-/m1/s1. The quantitative estimate of drug-likeness (QED) is 0.353. The van der Waals surface area contributed by atoms with Crippen LogP contribution in [0, 0.1) is 23.7 Å². The van der Waals surface area contributed by atoms with Gasteiger partial charge in [-0.3, -0.25) is 4.79 Å². The number of amides is 2. The first-order valence-corrected chi connectivity index (χ1v) is 14.7. The molecule has 4 bridgehead atoms. The molecule has 1 heterocycles. The first-order valence-electron chi connectivity index (χ1n) is 14.7. The van der Waals surface area contributed by atoms with Gasteiger partial charge in [0.05, 0.1) is 5.54 Å². The van der Waals surface area contributed by atoms with Crippen molar-refractivity contribution < 1.29 is 14.3 Å². The van der Waals surface area contributed by atoms with Gasteiger partial charge in [0.15, 0.2) is 0 Å². The Morgan fingerprint density at radius 1 is 0.974 bits per heavy atom. The van der Waals surface area contributed by atoms with Gasteiger partial charge in [-0.15, -0.1) is 0 Å². The Bertz CT molecular complexity index is 1290. The summed E-state index contributed by atoms with van der Waals surface area (Å²) in [6.45, 7) is 4.66. The minimum Gasteiger partial charge on any atom is -0.446 e. The van der Waals surface area contributed by atoms with E-state index >= 15 is 0 Å². The van der Waals surface area contributed by atoms with E-state index in [4.69, 9.17) is 4.74 Å². The molecule has 0 saturated heterocycles. The molecule has 2 amide bonds. The van der Waals surface area contributed by atoms with Gasteiger partial charge in [-0.25, -0.2) is 4.79 Å². The van der Waals surface area contributed by atoms with E-state index in [1.54, 1.807) is 6.92 Å². The van der Waals surface area contributed by atoms with E-state index < -0.39 is 5.54 Å². The molecule has 0 aliphatic heterocycles. The van der Waals surface area contributed by atoms with Gasteiger partial charge < -0.3 is 19.9 Å². The summed E-state index contributed by atoms with van der Waals surface area (Å²) in [7, 11) is 0. The summed E-state index contributed by atoms with van der Waals surface area (Å²) in [5.41, 5.74) is 2.68. The van der Waals surface area contributed by atoms with Gasteiger partial charge in [-0.2, -0.15) is 0 Å². The lowest BCUT2D eigenvalue weighted by Crippen LogP contribution is -2.58. The largest absolute Gasteiger partial charge is 0.446 e. The Labute approximate surface area is 231 Å². The van der Waals surface area contributed by atoms with Gasteiger partial charge in [0.2, 0.25) is 5.91 Å². The average Bonchev–Trinajstić information content (AvgIpc) is 3.31. The minimum atomic E-state index is -0.698. The van der Waals surface area contributed by atoms with Crippen LogP contribution in [0.4, 0.5) is 4.79 Å². The van der Waals surface area contributed by atoms with Crippen LogP contribution >= 0.6 is 0 Å². The zero-order valence-corrected chi connectivity index (χ0v) is 23.2. The molecule has 6 nitrogen and oxygen atoms in total. The van der Waals surface area contributed by atoms with Crippen molar-refractivity contribution in [3.8, 4) is 0 Å². The molecule has 206 valence electrons. The maximum absolute atomic E-state index is 13.5. The monoisotopic (exact) mass is 527 g/mol. The van der Waals surface area contributed by atoms with Crippen molar-refractivity contribution in [3.63, 3.8) is 0 Å². The minimum absolute atomic E-state index is 0.00675. The highest BCUT2D eigenvalue weighted by molar-refractivity contribution is 5.83. The van der Waals surface area contributed by atoms with E-state index in [-0.39, 0.29) is 18.1 Å². The van der Waals surface area contributed by atoms with Gasteiger partial charge in [-0.05, 0) is 92.7 Å². The number of rotatable bonds is 9. The molecular weight excluding hydrogens is 486 g/mol. The molecule has 7 rings (SSSR count). The third-order valence-electron chi connectivity index (χ3n) is 9.54. The van der Waals surface area contributed by atoms with Gasteiger partial charge >= 0.3 is 6.09 Å². The molecule has 39 heavy (non-hydrogen) atoms. The summed E-state index contributed by atoms with van der Waals surface area (Å²) in [5, 5.41) is 4.41. The van der Waals surface area contributed by atoms with E-state index in [0.717, 1.165) is 34.7 Å². The first-order chi connectivity index (χ1) is 18.8. The number of nitrogens with zero attached hydrogens (tertiary/aromatic N) is 1. The molecule has 4 aliphatic rings. The SMILES string of the molecule is CC(=O)N(CCc1ccccc1)C[C@@](C)(Cc1c[nH]c2ccccc12)NC(=O)OC1C2CC3CC(C2)CC1C3. The Kier molecular flexibility index (Phi) is 7.13. The lowest BCUT2D eigenvalue weighted by molar-refractivity contribution is -0.130. The number of H-pyrrole nitrogens is 1. The average molecular weight is 528 g/mol. The van der Waals surface area contributed by atoms with Gasteiger partial charge in [-0.1, -0.05) is 48.5 Å². The number of hydrogen-bond donors (Lipinski definition) is 2. The fourth-order valence-electron chi connectivity index (χ4n) is 7.98. The number of carbonyl (C=O) groups is 2. The highest BCUT2D eigenvalue weighted by Crippen LogP contribution is 2.54. The molecule has 6 heteroatoms. The molecule has 0 unspecified atom stereocenters. The van der Waals surface area contributed by atoms with Crippen LogP contribution in [0.3, 0.4) is 0 Å². The number of carbonyl (C=O) groups excluding carboxylic acids is 2. The highest BCUT2D eigenvalue weighted by atomic mass is 16.6. The number of alkyl carbamates (subject to hydrolysis) is 1. The zero-order chi connectivity index (χ0) is 27.0.